The highest BCUT2D eigenvalue weighted by molar-refractivity contribution is 5.94. The molecule has 1 amide bonds. The fourth-order valence-corrected chi connectivity index (χ4v) is 3.08. The van der Waals surface area contributed by atoms with Crippen LogP contribution in [-0.4, -0.2) is 37.0 Å². The van der Waals surface area contributed by atoms with Crippen LogP contribution < -0.4 is 10.1 Å². The van der Waals surface area contributed by atoms with Gasteiger partial charge in [-0.05, 0) is 55.8 Å². The van der Waals surface area contributed by atoms with Gasteiger partial charge in [-0.1, -0.05) is 18.2 Å². The van der Waals surface area contributed by atoms with E-state index in [1.807, 2.05) is 36.2 Å². The molecule has 1 N–H and O–H groups in total. The summed E-state index contributed by atoms with van der Waals surface area (Å²) in [6.07, 6.45) is 1.95. The number of piperidine rings is 1. The van der Waals surface area contributed by atoms with Crippen molar-refractivity contribution in [1.82, 2.24) is 10.2 Å². The Balaban J connectivity index is 0.00000243. The second-order valence-corrected chi connectivity index (χ2v) is 6.34. The Morgan fingerprint density at radius 2 is 1.92 bits per heavy atom. The van der Waals surface area contributed by atoms with Gasteiger partial charge in [0.1, 0.15) is 18.2 Å². The molecule has 6 heteroatoms. The quantitative estimate of drug-likeness (QED) is 0.863. The highest BCUT2D eigenvalue weighted by Gasteiger charge is 2.22. The Morgan fingerprint density at radius 3 is 2.65 bits per heavy atom. The second kappa shape index (κ2) is 9.55. The highest BCUT2D eigenvalue weighted by atomic mass is 35.5. The van der Waals surface area contributed by atoms with Crippen LogP contribution in [0.15, 0.2) is 48.5 Å². The van der Waals surface area contributed by atoms with Crippen LogP contribution in [0.4, 0.5) is 4.39 Å². The molecule has 1 aliphatic heterocycles. The third-order valence-electron chi connectivity index (χ3n) is 4.55. The first-order valence-corrected chi connectivity index (χ1v) is 8.58. The van der Waals surface area contributed by atoms with Gasteiger partial charge >= 0.3 is 0 Å². The van der Waals surface area contributed by atoms with Crippen molar-refractivity contribution >= 4 is 18.3 Å². The number of hydrogen-bond acceptors (Lipinski definition) is 3. The Bertz CT molecular complexity index is 735. The molecule has 1 fully saturated rings. The molecule has 2 aromatic rings. The molecule has 0 aliphatic carbocycles. The van der Waals surface area contributed by atoms with Crippen LogP contribution in [0.5, 0.6) is 5.75 Å². The maximum atomic E-state index is 13.2. The number of carbonyl (C=O) groups is 1. The van der Waals surface area contributed by atoms with E-state index in [1.54, 1.807) is 12.1 Å². The zero-order valence-electron chi connectivity index (χ0n) is 14.8. The van der Waals surface area contributed by atoms with Crippen molar-refractivity contribution in [2.24, 2.45) is 0 Å². The smallest absolute Gasteiger partial charge is 0.253 e. The predicted octanol–water partition coefficient (Wildman–Crippen LogP) is 3.65. The van der Waals surface area contributed by atoms with Crippen LogP contribution in [0.3, 0.4) is 0 Å². The number of hydrogen-bond donors (Lipinski definition) is 1. The van der Waals surface area contributed by atoms with Crippen molar-refractivity contribution in [2.45, 2.75) is 25.5 Å². The van der Waals surface area contributed by atoms with Crippen molar-refractivity contribution in [3.05, 3.63) is 65.5 Å². The lowest BCUT2D eigenvalue weighted by Crippen LogP contribution is -2.43. The largest absolute Gasteiger partial charge is 0.489 e. The lowest BCUT2D eigenvalue weighted by Gasteiger charge is -2.31. The number of halogens is 2. The molecule has 0 aromatic heterocycles. The number of ether oxygens (including phenoxy) is 1. The summed E-state index contributed by atoms with van der Waals surface area (Å²) in [6, 6.07) is 13.8. The lowest BCUT2D eigenvalue weighted by molar-refractivity contribution is 0.0703. The van der Waals surface area contributed by atoms with E-state index >= 15 is 0 Å². The predicted molar refractivity (Wildman–Crippen MR) is 102 cm³/mol. The molecule has 2 aromatic carbocycles. The summed E-state index contributed by atoms with van der Waals surface area (Å²) >= 11 is 0. The van der Waals surface area contributed by atoms with Crippen LogP contribution in [0.1, 0.15) is 28.8 Å². The number of nitrogens with one attached hydrogen (secondary N) is 1. The molecule has 3 rings (SSSR count). The molecule has 0 bridgehead atoms. The zero-order valence-corrected chi connectivity index (χ0v) is 15.6. The zero-order chi connectivity index (χ0) is 17.6. The minimum absolute atomic E-state index is 0. The van der Waals surface area contributed by atoms with Gasteiger partial charge in [0.15, 0.2) is 0 Å². The van der Waals surface area contributed by atoms with Gasteiger partial charge < -0.3 is 15.0 Å². The Labute approximate surface area is 159 Å². The van der Waals surface area contributed by atoms with Gasteiger partial charge in [-0.25, -0.2) is 4.39 Å². The third-order valence-corrected chi connectivity index (χ3v) is 4.55. The van der Waals surface area contributed by atoms with Crippen molar-refractivity contribution in [3.8, 4) is 5.75 Å². The Morgan fingerprint density at radius 1 is 1.19 bits per heavy atom. The minimum atomic E-state index is -0.329. The second-order valence-electron chi connectivity index (χ2n) is 6.34. The van der Waals surface area contributed by atoms with Crippen LogP contribution in [-0.2, 0) is 6.61 Å². The minimum Gasteiger partial charge on any atom is -0.489 e. The van der Waals surface area contributed by atoms with E-state index in [4.69, 9.17) is 4.74 Å². The molecule has 0 atom stereocenters. The molecule has 1 saturated heterocycles. The first-order chi connectivity index (χ1) is 12.1. The van der Waals surface area contributed by atoms with E-state index in [0.29, 0.717) is 17.9 Å². The molecule has 0 radical (unpaired) electrons. The summed E-state index contributed by atoms with van der Waals surface area (Å²) in [4.78, 5) is 14.6. The van der Waals surface area contributed by atoms with Crippen molar-refractivity contribution < 1.29 is 13.9 Å². The summed E-state index contributed by atoms with van der Waals surface area (Å²) in [7, 11) is 1.87. The number of carbonyl (C=O) groups excluding carboxylic acids is 1. The Hall–Kier alpha value is -2.11. The molecular weight excluding hydrogens is 355 g/mol. The molecular formula is C20H24ClFN2O2. The first-order valence-electron chi connectivity index (χ1n) is 8.58. The monoisotopic (exact) mass is 378 g/mol. The molecule has 1 aliphatic rings. The van der Waals surface area contributed by atoms with Gasteiger partial charge in [0.05, 0.1) is 0 Å². The van der Waals surface area contributed by atoms with Gasteiger partial charge in [0.2, 0.25) is 0 Å². The molecule has 0 saturated carbocycles. The Kier molecular flexibility index (Phi) is 7.42. The first kappa shape index (κ1) is 20.2. The van der Waals surface area contributed by atoms with E-state index in [-0.39, 0.29) is 30.2 Å². The summed E-state index contributed by atoms with van der Waals surface area (Å²) < 4.78 is 18.8. The average Bonchev–Trinajstić information content (AvgIpc) is 2.66. The van der Waals surface area contributed by atoms with Crippen LogP contribution >= 0.6 is 12.4 Å². The average molecular weight is 379 g/mol. The summed E-state index contributed by atoms with van der Waals surface area (Å²) in [5.74, 6) is 0.174. The maximum Gasteiger partial charge on any atom is 0.253 e. The van der Waals surface area contributed by atoms with Gasteiger partial charge in [-0.3, -0.25) is 4.79 Å². The normalized spacial score (nSPS) is 14.4. The fraction of sp³-hybridized carbons (Fsp3) is 0.350. The van der Waals surface area contributed by atoms with Gasteiger partial charge in [0.25, 0.3) is 5.91 Å². The topological polar surface area (TPSA) is 41.6 Å². The van der Waals surface area contributed by atoms with E-state index in [2.05, 4.69) is 5.32 Å². The summed E-state index contributed by atoms with van der Waals surface area (Å²) in [6.45, 7) is 2.19. The van der Waals surface area contributed by atoms with E-state index in [0.717, 1.165) is 31.5 Å². The van der Waals surface area contributed by atoms with Crippen molar-refractivity contribution in [2.75, 3.05) is 20.1 Å². The molecule has 0 spiro atoms. The molecule has 0 unspecified atom stereocenters. The number of rotatable bonds is 5. The third kappa shape index (κ3) is 5.19. The van der Waals surface area contributed by atoms with Crippen LogP contribution in [0.2, 0.25) is 0 Å². The van der Waals surface area contributed by atoms with E-state index < -0.39 is 0 Å². The lowest BCUT2D eigenvalue weighted by atomic mass is 10.0. The van der Waals surface area contributed by atoms with E-state index in [9.17, 15) is 9.18 Å². The molecule has 1 heterocycles. The van der Waals surface area contributed by atoms with E-state index in [1.165, 1.54) is 12.1 Å². The van der Waals surface area contributed by atoms with Crippen molar-refractivity contribution in [1.29, 1.82) is 0 Å². The molecule has 140 valence electrons. The van der Waals surface area contributed by atoms with Crippen LogP contribution in [0.25, 0.3) is 0 Å². The summed E-state index contributed by atoms with van der Waals surface area (Å²) in [5.41, 5.74) is 1.54. The van der Waals surface area contributed by atoms with Gasteiger partial charge in [-0.2, -0.15) is 0 Å². The summed E-state index contributed by atoms with van der Waals surface area (Å²) in [5, 5.41) is 3.31. The standard InChI is InChI=1S/C20H23FN2O2.ClH/c1-23(18-8-10-22-11-9-18)20(24)16-5-2-4-15(12-16)14-25-19-7-3-6-17(21)13-19;/h2-7,12-13,18,22H,8-11,14H2,1H3;1H. The molecule has 4 nitrogen and oxygen atoms in total. The highest BCUT2D eigenvalue weighted by Crippen LogP contribution is 2.17. The molecule has 26 heavy (non-hydrogen) atoms. The number of benzene rings is 2. The van der Waals surface area contributed by atoms with Gasteiger partial charge in [0, 0.05) is 24.7 Å². The maximum absolute atomic E-state index is 13.2. The SMILES string of the molecule is CN(C(=O)c1cccc(COc2cccc(F)c2)c1)C1CCNCC1.Cl. The number of amides is 1. The number of nitrogens with zero attached hydrogens (tertiary/aromatic N) is 1. The van der Waals surface area contributed by atoms with Crippen molar-refractivity contribution in [3.63, 3.8) is 0 Å². The fourth-order valence-electron chi connectivity index (χ4n) is 3.08. The van der Waals surface area contributed by atoms with Gasteiger partial charge in [-0.15, -0.1) is 12.4 Å². The van der Waals surface area contributed by atoms with Crippen LogP contribution in [0, 0.1) is 5.82 Å².